The molecule has 0 bridgehead atoms. The third-order valence-corrected chi connectivity index (χ3v) is 1.32. The maximum Gasteiger partial charge on any atom is 0.113 e. The Labute approximate surface area is 53.7 Å². The number of hydroxylamine groups is 2. The molecular formula is C5H7NOS. The van der Waals surface area contributed by atoms with Crippen molar-refractivity contribution in [1.29, 1.82) is 0 Å². The van der Waals surface area contributed by atoms with Crippen LogP contribution < -0.4 is 0 Å². The minimum absolute atomic E-state index is 0.826. The molecule has 1 rings (SSSR count). The largest absolute Gasteiger partial charge is 0.272 e. The van der Waals surface area contributed by atoms with Gasteiger partial charge in [0.15, 0.2) is 0 Å². The molecule has 0 amide bonds. The summed E-state index contributed by atoms with van der Waals surface area (Å²) in [5, 5.41) is 1.58. The second kappa shape index (κ2) is 2.24. The van der Waals surface area contributed by atoms with Crippen molar-refractivity contribution in [2.24, 2.45) is 0 Å². The van der Waals surface area contributed by atoms with E-state index in [1.807, 2.05) is 12.3 Å². The standard InChI is InChI=1S/C5H7NOS/c1-7-6-4-2-3-5(6)8/h2,4H,3H2,1H3. The van der Waals surface area contributed by atoms with Crippen molar-refractivity contribution >= 4 is 17.2 Å². The van der Waals surface area contributed by atoms with E-state index in [2.05, 4.69) is 0 Å². The lowest BCUT2D eigenvalue weighted by atomic mass is 10.5. The lowest BCUT2D eigenvalue weighted by Gasteiger charge is -2.10. The average Bonchev–Trinajstić information content (AvgIpc) is 2.14. The number of nitrogens with zero attached hydrogens (tertiary/aromatic N) is 1. The maximum atomic E-state index is 4.88. The predicted octanol–water partition coefficient (Wildman–Crippen LogP) is 1.09. The van der Waals surface area contributed by atoms with Crippen LogP contribution in [0.4, 0.5) is 0 Å². The molecule has 0 aromatic rings. The Kier molecular flexibility index (Phi) is 1.60. The average molecular weight is 129 g/mol. The molecule has 0 atom stereocenters. The van der Waals surface area contributed by atoms with Gasteiger partial charge in [-0.15, -0.1) is 0 Å². The fourth-order valence-corrected chi connectivity index (χ4v) is 0.817. The van der Waals surface area contributed by atoms with Crippen molar-refractivity contribution in [3.63, 3.8) is 0 Å². The third kappa shape index (κ3) is 0.877. The Morgan fingerprint density at radius 2 is 2.62 bits per heavy atom. The maximum absolute atomic E-state index is 4.88. The first-order valence-corrected chi connectivity index (χ1v) is 2.78. The van der Waals surface area contributed by atoms with Gasteiger partial charge < -0.3 is 0 Å². The topological polar surface area (TPSA) is 12.5 Å². The van der Waals surface area contributed by atoms with Gasteiger partial charge in [0.1, 0.15) is 4.99 Å². The zero-order valence-electron chi connectivity index (χ0n) is 4.63. The quantitative estimate of drug-likeness (QED) is 0.492. The van der Waals surface area contributed by atoms with E-state index in [4.69, 9.17) is 17.1 Å². The summed E-state index contributed by atoms with van der Waals surface area (Å²) in [5.41, 5.74) is 0. The summed E-state index contributed by atoms with van der Waals surface area (Å²) in [6, 6.07) is 0. The van der Waals surface area contributed by atoms with Crippen LogP contribution in [0, 0.1) is 0 Å². The first kappa shape index (κ1) is 5.72. The van der Waals surface area contributed by atoms with Gasteiger partial charge in [0.2, 0.25) is 0 Å². The van der Waals surface area contributed by atoms with E-state index in [0.29, 0.717) is 0 Å². The van der Waals surface area contributed by atoms with Crippen molar-refractivity contribution in [3.05, 3.63) is 12.3 Å². The highest BCUT2D eigenvalue weighted by Gasteiger charge is 2.08. The SMILES string of the molecule is CON1C=CCC1=S. The smallest absolute Gasteiger partial charge is 0.113 e. The van der Waals surface area contributed by atoms with Crippen LogP contribution >= 0.6 is 12.2 Å². The number of hydrogen-bond acceptors (Lipinski definition) is 2. The molecule has 44 valence electrons. The molecule has 0 N–H and O–H groups in total. The first-order chi connectivity index (χ1) is 3.84. The summed E-state index contributed by atoms with van der Waals surface area (Å²) in [6.45, 7) is 0. The minimum atomic E-state index is 0.826. The Balaban J connectivity index is 2.53. The Morgan fingerprint density at radius 1 is 1.88 bits per heavy atom. The summed E-state index contributed by atoms with van der Waals surface area (Å²) in [5.74, 6) is 0. The molecule has 0 saturated carbocycles. The van der Waals surface area contributed by atoms with Gasteiger partial charge in [0.05, 0.1) is 7.11 Å². The van der Waals surface area contributed by atoms with Crippen LogP contribution in [0.15, 0.2) is 12.3 Å². The van der Waals surface area contributed by atoms with Gasteiger partial charge in [-0.2, -0.15) is 0 Å². The molecule has 0 aromatic carbocycles. The number of rotatable bonds is 1. The van der Waals surface area contributed by atoms with E-state index in [9.17, 15) is 0 Å². The molecule has 1 aliphatic rings. The van der Waals surface area contributed by atoms with Gasteiger partial charge in [-0.25, -0.2) is 5.06 Å². The first-order valence-electron chi connectivity index (χ1n) is 2.37. The molecule has 8 heavy (non-hydrogen) atoms. The normalized spacial score (nSPS) is 18.1. The summed E-state index contributed by atoms with van der Waals surface area (Å²) < 4.78 is 0. The van der Waals surface area contributed by atoms with Crippen molar-refractivity contribution < 1.29 is 4.84 Å². The molecule has 0 spiro atoms. The summed E-state index contributed by atoms with van der Waals surface area (Å²) in [6.07, 6.45) is 4.62. The molecule has 0 saturated heterocycles. The molecule has 0 radical (unpaired) electrons. The zero-order chi connectivity index (χ0) is 5.98. The second-order valence-electron chi connectivity index (χ2n) is 1.49. The van der Waals surface area contributed by atoms with Gasteiger partial charge in [-0.05, 0) is 0 Å². The van der Waals surface area contributed by atoms with Gasteiger partial charge >= 0.3 is 0 Å². The Bertz CT molecular complexity index is 132. The number of hydrogen-bond donors (Lipinski definition) is 0. The van der Waals surface area contributed by atoms with Crippen molar-refractivity contribution in [1.82, 2.24) is 5.06 Å². The zero-order valence-corrected chi connectivity index (χ0v) is 5.44. The van der Waals surface area contributed by atoms with E-state index >= 15 is 0 Å². The van der Waals surface area contributed by atoms with Crippen LogP contribution in [0.25, 0.3) is 0 Å². The monoisotopic (exact) mass is 129 g/mol. The summed E-state index contributed by atoms with van der Waals surface area (Å²) in [7, 11) is 1.60. The van der Waals surface area contributed by atoms with E-state index in [1.165, 1.54) is 0 Å². The van der Waals surface area contributed by atoms with Gasteiger partial charge in [-0.1, -0.05) is 18.3 Å². The Hall–Kier alpha value is -0.410. The fourth-order valence-electron chi connectivity index (χ4n) is 0.585. The van der Waals surface area contributed by atoms with Gasteiger partial charge in [-0.3, -0.25) is 4.84 Å². The molecule has 2 nitrogen and oxygen atoms in total. The fraction of sp³-hybridized carbons (Fsp3) is 0.400. The molecular weight excluding hydrogens is 122 g/mol. The van der Waals surface area contributed by atoms with E-state index in [0.717, 1.165) is 11.4 Å². The summed E-state index contributed by atoms with van der Waals surface area (Å²) in [4.78, 5) is 5.66. The Morgan fingerprint density at radius 3 is 2.88 bits per heavy atom. The third-order valence-electron chi connectivity index (χ3n) is 0.976. The van der Waals surface area contributed by atoms with Crippen molar-refractivity contribution in [2.45, 2.75) is 6.42 Å². The van der Waals surface area contributed by atoms with E-state index in [-0.39, 0.29) is 0 Å². The molecule has 0 aliphatic carbocycles. The van der Waals surface area contributed by atoms with Crippen molar-refractivity contribution in [2.75, 3.05) is 7.11 Å². The van der Waals surface area contributed by atoms with Crippen LogP contribution in [-0.4, -0.2) is 17.2 Å². The van der Waals surface area contributed by atoms with E-state index < -0.39 is 0 Å². The van der Waals surface area contributed by atoms with Gasteiger partial charge in [0.25, 0.3) is 0 Å². The highest BCUT2D eigenvalue weighted by atomic mass is 32.1. The van der Waals surface area contributed by atoms with Crippen LogP contribution in [0.2, 0.25) is 0 Å². The van der Waals surface area contributed by atoms with Crippen LogP contribution in [0.1, 0.15) is 6.42 Å². The second-order valence-corrected chi connectivity index (χ2v) is 1.96. The molecule has 1 aliphatic heterocycles. The molecule has 0 unspecified atom stereocenters. The lowest BCUT2D eigenvalue weighted by Crippen LogP contribution is -2.16. The van der Waals surface area contributed by atoms with Crippen LogP contribution in [-0.2, 0) is 4.84 Å². The highest BCUT2D eigenvalue weighted by Crippen LogP contribution is 2.06. The highest BCUT2D eigenvalue weighted by molar-refractivity contribution is 7.80. The lowest BCUT2D eigenvalue weighted by molar-refractivity contribution is -0.0165. The van der Waals surface area contributed by atoms with Crippen molar-refractivity contribution in [3.8, 4) is 0 Å². The molecule has 0 fully saturated rings. The molecule has 1 heterocycles. The molecule has 3 heteroatoms. The minimum Gasteiger partial charge on any atom is -0.272 e. The van der Waals surface area contributed by atoms with Gasteiger partial charge in [0, 0.05) is 12.6 Å². The van der Waals surface area contributed by atoms with Crippen LogP contribution in [0.3, 0.4) is 0 Å². The number of thiocarbonyl (C=S) groups is 1. The molecule has 0 aromatic heterocycles. The van der Waals surface area contributed by atoms with E-state index in [1.54, 1.807) is 12.2 Å². The van der Waals surface area contributed by atoms with Crippen LogP contribution in [0.5, 0.6) is 0 Å². The summed E-state index contributed by atoms with van der Waals surface area (Å²) >= 11 is 4.88. The predicted molar refractivity (Wildman–Crippen MR) is 35.2 cm³/mol.